The van der Waals surface area contributed by atoms with E-state index in [1.165, 1.54) is 6.08 Å². The first-order chi connectivity index (χ1) is 5.45. The Kier molecular flexibility index (Phi) is 4.62. The second-order valence-electron chi connectivity index (χ2n) is 2.39. The maximum Gasteiger partial charge on any atom is 0.389 e. The van der Waals surface area contributed by atoms with Crippen LogP contribution in [-0.2, 0) is 4.79 Å². The maximum absolute atomic E-state index is 11.6. The molecule has 12 heavy (non-hydrogen) atoms. The average molecular weight is 180 g/mol. The van der Waals surface area contributed by atoms with E-state index in [4.69, 9.17) is 0 Å². The summed E-state index contributed by atoms with van der Waals surface area (Å²) in [5, 5.41) is 0. The Morgan fingerprint density at radius 2 is 2.00 bits per heavy atom. The highest BCUT2D eigenvalue weighted by Gasteiger charge is 2.27. The van der Waals surface area contributed by atoms with Crippen LogP contribution in [-0.4, -0.2) is 12.0 Å². The van der Waals surface area contributed by atoms with Crippen LogP contribution in [0.1, 0.15) is 26.2 Å². The largest absolute Gasteiger partial charge is 0.389 e. The number of rotatable bonds is 4. The lowest BCUT2D eigenvalue weighted by atomic mass is 10.2. The topological polar surface area (TPSA) is 17.1 Å². The molecular formula is C8H11F3O. The van der Waals surface area contributed by atoms with Crippen molar-refractivity contribution in [1.29, 1.82) is 0 Å². The van der Waals surface area contributed by atoms with E-state index in [1.807, 2.05) is 6.92 Å². The molecular weight excluding hydrogens is 169 g/mol. The minimum Gasteiger partial charge on any atom is -0.295 e. The Morgan fingerprint density at radius 1 is 1.42 bits per heavy atom. The number of carbonyl (C=O) groups is 1. The number of hydrogen-bond donors (Lipinski definition) is 0. The van der Waals surface area contributed by atoms with Crippen LogP contribution >= 0.6 is 0 Å². The van der Waals surface area contributed by atoms with Gasteiger partial charge >= 0.3 is 6.18 Å². The lowest BCUT2D eigenvalue weighted by Crippen LogP contribution is -2.09. The average Bonchev–Trinajstić information content (AvgIpc) is 1.95. The fourth-order valence-electron chi connectivity index (χ4n) is 0.598. The van der Waals surface area contributed by atoms with Crippen molar-refractivity contribution in [3.8, 4) is 0 Å². The summed E-state index contributed by atoms with van der Waals surface area (Å²) in [7, 11) is 0. The molecule has 0 saturated carbocycles. The predicted molar refractivity (Wildman–Crippen MR) is 39.7 cm³/mol. The zero-order valence-corrected chi connectivity index (χ0v) is 6.82. The van der Waals surface area contributed by atoms with E-state index in [2.05, 4.69) is 0 Å². The third-order valence-electron chi connectivity index (χ3n) is 1.19. The fraction of sp³-hybridized carbons (Fsp3) is 0.625. The zero-order chi connectivity index (χ0) is 9.61. The molecule has 0 spiro atoms. The minimum absolute atomic E-state index is 0.444. The SMILES string of the molecule is CC/C=C/C(=O)CCC(F)(F)F. The predicted octanol–water partition coefficient (Wildman–Crippen LogP) is 2.86. The first-order valence-corrected chi connectivity index (χ1v) is 3.72. The van der Waals surface area contributed by atoms with E-state index in [9.17, 15) is 18.0 Å². The molecule has 1 nitrogen and oxygen atoms in total. The first-order valence-electron chi connectivity index (χ1n) is 3.72. The molecule has 0 radical (unpaired) electrons. The smallest absolute Gasteiger partial charge is 0.295 e. The fourth-order valence-corrected chi connectivity index (χ4v) is 0.598. The highest BCUT2D eigenvalue weighted by Crippen LogP contribution is 2.21. The van der Waals surface area contributed by atoms with Crippen molar-refractivity contribution in [3.05, 3.63) is 12.2 Å². The summed E-state index contributed by atoms with van der Waals surface area (Å²) >= 11 is 0. The highest BCUT2D eigenvalue weighted by atomic mass is 19.4. The van der Waals surface area contributed by atoms with Gasteiger partial charge in [0.1, 0.15) is 0 Å². The van der Waals surface area contributed by atoms with Crippen LogP contribution < -0.4 is 0 Å². The summed E-state index contributed by atoms with van der Waals surface area (Å²) in [6.07, 6.45) is -2.28. The van der Waals surface area contributed by atoms with Crippen molar-refractivity contribution in [1.82, 2.24) is 0 Å². The van der Waals surface area contributed by atoms with Gasteiger partial charge in [0, 0.05) is 6.42 Å². The number of alkyl halides is 3. The minimum atomic E-state index is -4.23. The van der Waals surface area contributed by atoms with Gasteiger partial charge < -0.3 is 0 Å². The molecule has 0 fully saturated rings. The molecule has 0 amide bonds. The molecule has 0 atom stereocenters. The normalized spacial score (nSPS) is 12.3. The van der Waals surface area contributed by atoms with Crippen LogP contribution in [0.2, 0.25) is 0 Å². The summed E-state index contributed by atoms with van der Waals surface area (Å²) in [5.74, 6) is -0.464. The number of halogens is 3. The van der Waals surface area contributed by atoms with Gasteiger partial charge in [0.25, 0.3) is 0 Å². The van der Waals surface area contributed by atoms with E-state index in [-0.39, 0.29) is 0 Å². The van der Waals surface area contributed by atoms with E-state index >= 15 is 0 Å². The molecule has 0 N–H and O–H groups in total. The number of carbonyl (C=O) groups excluding carboxylic acids is 1. The molecule has 0 saturated heterocycles. The monoisotopic (exact) mass is 180 g/mol. The van der Waals surface area contributed by atoms with Gasteiger partial charge in [0.15, 0.2) is 5.78 Å². The second-order valence-corrected chi connectivity index (χ2v) is 2.39. The number of allylic oxidation sites excluding steroid dienone is 2. The summed E-state index contributed by atoms with van der Waals surface area (Å²) in [4.78, 5) is 10.7. The molecule has 70 valence electrons. The van der Waals surface area contributed by atoms with Crippen molar-refractivity contribution in [2.75, 3.05) is 0 Å². The van der Waals surface area contributed by atoms with Crippen molar-refractivity contribution in [2.24, 2.45) is 0 Å². The van der Waals surface area contributed by atoms with E-state index in [1.54, 1.807) is 6.08 Å². The first kappa shape index (κ1) is 11.2. The standard InChI is InChI=1S/C8H11F3O/c1-2-3-4-7(12)5-6-8(9,10)11/h3-4H,2,5-6H2,1H3/b4-3+. The molecule has 0 unspecified atom stereocenters. The van der Waals surface area contributed by atoms with Crippen molar-refractivity contribution < 1.29 is 18.0 Å². The zero-order valence-electron chi connectivity index (χ0n) is 6.82. The maximum atomic E-state index is 11.6. The molecule has 0 aromatic rings. The number of ketones is 1. The van der Waals surface area contributed by atoms with Gasteiger partial charge in [-0.3, -0.25) is 4.79 Å². The van der Waals surface area contributed by atoms with Crippen molar-refractivity contribution >= 4 is 5.78 Å². The Balaban J connectivity index is 3.65. The molecule has 0 aliphatic rings. The summed E-state index contributed by atoms with van der Waals surface area (Å²) in [5.41, 5.74) is 0. The van der Waals surface area contributed by atoms with Crippen LogP contribution in [0.3, 0.4) is 0 Å². The van der Waals surface area contributed by atoms with Gasteiger partial charge in [-0.2, -0.15) is 13.2 Å². The second kappa shape index (κ2) is 4.95. The van der Waals surface area contributed by atoms with Crippen molar-refractivity contribution in [3.63, 3.8) is 0 Å². The van der Waals surface area contributed by atoms with E-state index in [0.717, 1.165) is 0 Å². The number of hydrogen-bond acceptors (Lipinski definition) is 1. The molecule has 0 bridgehead atoms. The van der Waals surface area contributed by atoms with Gasteiger partial charge in [-0.15, -0.1) is 0 Å². The van der Waals surface area contributed by atoms with Gasteiger partial charge in [-0.1, -0.05) is 13.0 Å². The van der Waals surface area contributed by atoms with Crippen LogP contribution in [0.4, 0.5) is 13.2 Å². The molecule has 0 heterocycles. The lowest BCUT2D eigenvalue weighted by molar-refractivity contribution is -0.141. The van der Waals surface area contributed by atoms with E-state index in [0.29, 0.717) is 6.42 Å². The van der Waals surface area contributed by atoms with E-state index < -0.39 is 24.8 Å². The van der Waals surface area contributed by atoms with Gasteiger partial charge in [-0.25, -0.2) is 0 Å². The highest BCUT2D eigenvalue weighted by molar-refractivity contribution is 5.89. The van der Waals surface area contributed by atoms with Gasteiger partial charge in [0.2, 0.25) is 0 Å². The third kappa shape index (κ3) is 7.31. The molecule has 0 rings (SSSR count). The summed E-state index contributed by atoms with van der Waals surface area (Å²) in [6.45, 7) is 1.81. The quantitative estimate of drug-likeness (QED) is 0.608. The Bertz CT molecular complexity index is 170. The molecule has 0 aromatic carbocycles. The molecule has 0 aliphatic heterocycles. The summed E-state index contributed by atoms with van der Waals surface area (Å²) < 4.78 is 34.7. The Labute approximate surface area is 69.3 Å². The Hall–Kier alpha value is -0.800. The van der Waals surface area contributed by atoms with Crippen LogP contribution in [0.25, 0.3) is 0 Å². The molecule has 0 aromatic heterocycles. The van der Waals surface area contributed by atoms with Crippen LogP contribution in [0.5, 0.6) is 0 Å². The third-order valence-corrected chi connectivity index (χ3v) is 1.19. The molecule has 4 heteroatoms. The van der Waals surface area contributed by atoms with Crippen molar-refractivity contribution in [2.45, 2.75) is 32.4 Å². The van der Waals surface area contributed by atoms with Crippen LogP contribution in [0.15, 0.2) is 12.2 Å². The van der Waals surface area contributed by atoms with Gasteiger partial charge in [-0.05, 0) is 12.5 Å². The Morgan fingerprint density at radius 3 is 2.42 bits per heavy atom. The molecule has 0 aliphatic carbocycles. The summed E-state index contributed by atoms with van der Waals surface area (Å²) in [6, 6.07) is 0. The van der Waals surface area contributed by atoms with Gasteiger partial charge in [0.05, 0.1) is 6.42 Å². The lowest BCUT2D eigenvalue weighted by Gasteiger charge is -2.02. The van der Waals surface area contributed by atoms with Crippen LogP contribution in [0, 0.1) is 0 Å².